The van der Waals surface area contributed by atoms with Gasteiger partial charge < -0.3 is 20.9 Å². The van der Waals surface area contributed by atoms with Crippen LogP contribution < -0.4 is 16.0 Å². The highest BCUT2D eigenvalue weighted by Crippen LogP contribution is 2.23. The van der Waals surface area contributed by atoms with Crippen molar-refractivity contribution in [3.63, 3.8) is 0 Å². The van der Waals surface area contributed by atoms with Gasteiger partial charge in [-0.05, 0) is 64.2 Å². The zero-order valence-electron chi connectivity index (χ0n) is 24.0. The number of thiazole rings is 1. The van der Waals surface area contributed by atoms with E-state index in [0.717, 1.165) is 10.7 Å². The van der Waals surface area contributed by atoms with Crippen molar-refractivity contribution in [3.05, 3.63) is 82.3 Å². The summed E-state index contributed by atoms with van der Waals surface area (Å²) in [5.41, 5.74) is 2.91. The van der Waals surface area contributed by atoms with Crippen molar-refractivity contribution in [1.29, 1.82) is 0 Å². The number of anilines is 1. The molecular formula is C34H61N5O2S. The predicted octanol–water partition coefficient (Wildman–Crippen LogP) is 8.88. The van der Waals surface area contributed by atoms with E-state index in [4.69, 9.17) is 0 Å². The molecule has 0 radical (unpaired) electrons. The summed E-state index contributed by atoms with van der Waals surface area (Å²) in [6.07, 6.45) is 4.28. The van der Waals surface area contributed by atoms with E-state index in [9.17, 15) is 9.59 Å². The Kier molecular flexibility index (Phi) is 27.8. The van der Waals surface area contributed by atoms with Crippen LogP contribution in [0.1, 0.15) is 90.8 Å². The van der Waals surface area contributed by atoms with Gasteiger partial charge in [0.25, 0.3) is 5.91 Å². The Bertz CT molecular complexity index is 1040. The number of hydrogen-bond acceptors (Lipinski definition) is 5. The molecule has 1 aliphatic rings. The van der Waals surface area contributed by atoms with Gasteiger partial charge in [0.2, 0.25) is 0 Å². The fraction of sp³-hybridized carbons (Fsp3) is 0.500. The molecular weight excluding hydrogens is 542 g/mol. The third-order valence-corrected chi connectivity index (χ3v) is 6.26. The smallest absolute Gasteiger partial charge is 0.318 e. The van der Waals surface area contributed by atoms with Crippen LogP contribution in [0, 0.1) is 6.92 Å². The van der Waals surface area contributed by atoms with Crippen LogP contribution in [0.5, 0.6) is 0 Å². The number of aryl methyl sites for hydroxylation is 1. The van der Waals surface area contributed by atoms with Gasteiger partial charge in [0.15, 0.2) is 0 Å². The lowest BCUT2D eigenvalue weighted by molar-refractivity contribution is 0.0963. The first-order valence-electron chi connectivity index (χ1n) is 13.0. The van der Waals surface area contributed by atoms with Gasteiger partial charge in [0.1, 0.15) is 0 Å². The third-order valence-electron chi connectivity index (χ3n) is 5.49. The third kappa shape index (κ3) is 20.6. The molecule has 3 N–H and O–H groups in total. The van der Waals surface area contributed by atoms with Gasteiger partial charge in [0.05, 0.1) is 10.7 Å². The molecule has 42 heavy (non-hydrogen) atoms. The molecule has 0 atom stereocenters. The Morgan fingerprint density at radius 2 is 1.31 bits per heavy atom. The standard InChI is InChI=1S/C8H10N2O.C8H9NO.C8H13NS.C6H13N.4CH4/c1-9-8(11)10-7-5-3-2-4-6-7;1-9-8(10)7-5-3-2-4-6-7;1-6-9-7(5-10-6)8(2,3)4;1-7-5-3-2-4-6-7;;;;/h2-6H,1H3,(H2,9,10,11);2-6H,1H3,(H,9,10);5H,1-4H3;2-6H2,1H3;4*1H4. The molecule has 3 aromatic rings. The summed E-state index contributed by atoms with van der Waals surface area (Å²) in [5, 5.41) is 10.9. The van der Waals surface area contributed by atoms with Crippen molar-refractivity contribution >= 4 is 29.0 Å². The van der Waals surface area contributed by atoms with Crippen LogP contribution in [-0.4, -0.2) is 56.1 Å². The first kappa shape index (κ1) is 45.7. The summed E-state index contributed by atoms with van der Waals surface area (Å²) >= 11 is 1.72. The molecule has 2 heterocycles. The van der Waals surface area contributed by atoms with Crippen LogP contribution in [0.2, 0.25) is 0 Å². The zero-order chi connectivity index (χ0) is 28.4. The Hall–Kier alpha value is -3.23. The number of benzene rings is 2. The van der Waals surface area contributed by atoms with Gasteiger partial charge in [-0.1, -0.05) is 93.3 Å². The second-order valence-electron chi connectivity index (χ2n) is 9.88. The van der Waals surface area contributed by atoms with E-state index in [1.165, 1.54) is 38.0 Å². The number of carbonyl (C=O) groups excluding carboxylic acids is 2. The largest absolute Gasteiger partial charge is 0.355 e. The van der Waals surface area contributed by atoms with Crippen molar-refractivity contribution in [3.8, 4) is 0 Å². The maximum atomic E-state index is 10.9. The first-order chi connectivity index (χ1) is 18.1. The number of rotatable bonds is 2. The Labute approximate surface area is 262 Å². The van der Waals surface area contributed by atoms with E-state index < -0.39 is 0 Å². The molecule has 1 saturated heterocycles. The summed E-state index contributed by atoms with van der Waals surface area (Å²) < 4.78 is 0. The summed E-state index contributed by atoms with van der Waals surface area (Å²) in [4.78, 5) is 28.5. The highest BCUT2D eigenvalue weighted by atomic mass is 32.1. The number of amides is 3. The highest BCUT2D eigenvalue weighted by Gasteiger charge is 2.15. The van der Waals surface area contributed by atoms with Gasteiger partial charge in [0, 0.05) is 36.1 Å². The molecule has 8 heteroatoms. The predicted molar refractivity (Wildman–Crippen MR) is 188 cm³/mol. The lowest BCUT2D eigenvalue weighted by Gasteiger charge is -2.20. The molecule has 0 aliphatic carbocycles. The maximum Gasteiger partial charge on any atom is 0.318 e. The molecule has 3 amide bonds. The zero-order valence-corrected chi connectivity index (χ0v) is 24.8. The molecule has 0 saturated carbocycles. The average molecular weight is 604 g/mol. The molecule has 0 bridgehead atoms. The molecule has 1 aliphatic heterocycles. The van der Waals surface area contributed by atoms with Crippen molar-refractivity contribution < 1.29 is 9.59 Å². The van der Waals surface area contributed by atoms with E-state index in [2.05, 4.69) is 59.0 Å². The summed E-state index contributed by atoms with van der Waals surface area (Å²) in [7, 11) is 5.40. The fourth-order valence-electron chi connectivity index (χ4n) is 3.21. The highest BCUT2D eigenvalue weighted by molar-refractivity contribution is 7.09. The second kappa shape index (κ2) is 25.5. The SMILES string of the molecule is C.C.C.C.CN1CCCCC1.CNC(=O)Nc1ccccc1.CNC(=O)c1ccccc1.Cc1nc(C(C)(C)C)cs1. The van der Waals surface area contributed by atoms with Crippen molar-refractivity contribution in [2.24, 2.45) is 0 Å². The van der Waals surface area contributed by atoms with Crippen LogP contribution in [0.4, 0.5) is 10.5 Å². The van der Waals surface area contributed by atoms with Crippen molar-refractivity contribution in [1.82, 2.24) is 20.5 Å². The van der Waals surface area contributed by atoms with E-state index in [0.29, 0.717) is 5.56 Å². The van der Waals surface area contributed by atoms with Gasteiger partial charge in [-0.3, -0.25) is 4.79 Å². The normalized spacial score (nSPS) is 11.5. The quantitative estimate of drug-likeness (QED) is 0.273. The van der Waals surface area contributed by atoms with Gasteiger partial charge in [-0.25, -0.2) is 9.78 Å². The number of carbonyl (C=O) groups is 2. The average Bonchev–Trinajstić information content (AvgIpc) is 3.38. The number of nitrogens with zero attached hydrogens (tertiary/aromatic N) is 2. The molecule has 2 aromatic carbocycles. The number of para-hydroxylation sites is 1. The maximum absolute atomic E-state index is 10.9. The van der Waals surface area contributed by atoms with Crippen LogP contribution in [0.3, 0.4) is 0 Å². The Morgan fingerprint density at radius 1 is 0.810 bits per heavy atom. The number of nitrogens with one attached hydrogen (secondary N) is 3. The minimum absolute atomic E-state index is 0. The molecule has 0 unspecified atom stereocenters. The molecule has 1 fully saturated rings. The van der Waals surface area contributed by atoms with Crippen LogP contribution in [-0.2, 0) is 5.41 Å². The van der Waals surface area contributed by atoms with Crippen molar-refractivity contribution in [2.45, 2.75) is 82.1 Å². The molecule has 7 nitrogen and oxygen atoms in total. The van der Waals surface area contributed by atoms with E-state index in [1.54, 1.807) is 37.6 Å². The van der Waals surface area contributed by atoms with E-state index in [-0.39, 0.29) is 47.1 Å². The van der Waals surface area contributed by atoms with Crippen LogP contribution >= 0.6 is 11.3 Å². The van der Waals surface area contributed by atoms with Gasteiger partial charge >= 0.3 is 6.03 Å². The topological polar surface area (TPSA) is 86.4 Å². The van der Waals surface area contributed by atoms with E-state index >= 15 is 0 Å². The van der Waals surface area contributed by atoms with Crippen LogP contribution in [0.15, 0.2) is 66.0 Å². The molecule has 240 valence electrons. The second-order valence-corrected chi connectivity index (χ2v) is 10.9. The lowest BCUT2D eigenvalue weighted by atomic mass is 9.93. The molecule has 0 spiro atoms. The minimum atomic E-state index is -0.198. The number of likely N-dealkylation sites (tertiary alicyclic amines) is 1. The van der Waals surface area contributed by atoms with Crippen LogP contribution in [0.25, 0.3) is 0 Å². The fourth-order valence-corrected chi connectivity index (χ4v) is 4.05. The van der Waals surface area contributed by atoms with Gasteiger partial charge in [-0.15, -0.1) is 11.3 Å². The summed E-state index contributed by atoms with van der Waals surface area (Å²) in [6, 6.07) is 18.2. The molecule has 1 aromatic heterocycles. The Balaban J connectivity index is -0.000000224. The first-order valence-corrected chi connectivity index (χ1v) is 13.9. The number of hydrogen-bond donors (Lipinski definition) is 3. The monoisotopic (exact) mass is 603 g/mol. The molecule has 4 rings (SSSR count). The number of piperidine rings is 1. The van der Waals surface area contributed by atoms with Crippen molar-refractivity contribution in [2.75, 3.05) is 39.5 Å². The number of aromatic nitrogens is 1. The minimum Gasteiger partial charge on any atom is -0.355 e. The lowest BCUT2D eigenvalue weighted by Crippen LogP contribution is -2.24. The summed E-state index contributed by atoms with van der Waals surface area (Å²) in [5.74, 6) is -0.0411. The van der Waals surface area contributed by atoms with E-state index in [1.807, 2.05) is 55.5 Å². The number of urea groups is 1. The summed E-state index contributed by atoms with van der Waals surface area (Å²) in [6.45, 7) is 11.2. The van der Waals surface area contributed by atoms with Gasteiger partial charge in [-0.2, -0.15) is 0 Å². The Morgan fingerprint density at radius 3 is 1.64 bits per heavy atom.